The predicted octanol–water partition coefficient (Wildman–Crippen LogP) is 4.23. The molecule has 0 fully saturated rings. The molecule has 0 aliphatic heterocycles. The van der Waals surface area contributed by atoms with Gasteiger partial charge in [-0.15, -0.1) is 0 Å². The highest BCUT2D eigenvalue weighted by atomic mass is 16.4. The van der Waals surface area contributed by atoms with Crippen molar-refractivity contribution in [2.45, 2.75) is 34.2 Å². The Morgan fingerprint density at radius 1 is 1.00 bits per heavy atom. The third-order valence-corrected chi connectivity index (χ3v) is 3.77. The van der Waals surface area contributed by atoms with E-state index in [1.165, 1.54) is 22.3 Å². The van der Waals surface area contributed by atoms with Crippen LogP contribution in [-0.2, 0) is 6.54 Å². The smallest absolute Gasteiger partial charge is 0.335 e. The number of aromatic carboxylic acids is 1. The molecule has 3 nitrogen and oxygen atoms in total. The number of hydrogen-bond acceptors (Lipinski definition) is 2. The number of anilines is 1. The van der Waals surface area contributed by atoms with Crippen molar-refractivity contribution in [3.8, 4) is 0 Å². The minimum absolute atomic E-state index is 0.320. The maximum absolute atomic E-state index is 10.9. The zero-order chi connectivity index (χ0) is 15.6. The van der Waals surface area contributed by atoms with Gasteiger partial charge in [-0.05, 0) is 68.1 Å². The van der Waals surface area contributed by atoms with Crippen LogP contribution in [0.4, 0.5) is 5.69 Å². The lowest BCUT2D eigenvalue weighted by Gasteiger charge is -2.15. The van der Waals surface area contributed by atoms with Crippen LogP contribution in [0.2, 0.25) is 0 Å². The average Bonchev–Trinajstić information content (AvgIpc) is 2.38. The van der Waals surface area contributed by atoms with Crippen molar-refractivity contribution in [1.82, 2.24) is 0 Å². The molecule has 0 aliphatic rings. The zero-order valence-corrected chi connectivity index (χ0v) is 12.9. The first kappa shape index (κ1) is 15.1. The minimum Gasteiger partial charge on any atom is -0.478 e. The number of carbonyl (C=O) groups is 1. The SMILES string of the molecule is Cc1cc(C)c(CNc2ccc(C(=O)O)cc2C)c(C)c1. The number of rotatable bonds is 4. The van der Waals surface area contributed by atoms with Crippen molar-refractivity contribution in [2.75, 3.05) is 5.32 Å². The van der Waals surface area contributed by atoms with Gasteiger partial charge in [0.05, 0.1) is 5.56 Å². The minimum atomic E-state index is -0.894. The number of benzene rings is 2. The van der Waals surface area contributed by atoms with Crippen LogP contribution in [0.3, 0.4) is 0 Å². The van der Waals surface area contributed by atoms with E-state index in [1.54, 1.807) is 12.1 Å². The molecule has 0 heterocycles. The molecule has 2 rings (SSSR count). The van der Waals surface area contributed by atoms with Crippen LogP contribution in [0.25, 0.3) is 0 Å². The van der Waals surface area contributed by atoms with E-state index in [2.05, 4.69) is 38.2 Å². The molecule has 0 spiro atoms. The van der Waals surface area contributed by atoms with Crippen molar-refractivity contribution in [3.63, 3.8) is 0 Å². The number of carboxylic acid groups (broad SMARTS) is 1. The summed E-state index contributed by atoms with van der Waals surface area (Å²) in [5.74, 6) is -0.894. The summed E-state index contributed by atoms with van der Waals surface area (Å²) in [6.07, 6.45) is 0. The molecule has 0 bridgehead atoms. The Hall–Kier alpha value is -2.29. The normalized spacial score (nSPS) is 10.5. The highest BCUT2D eigenvalue weighted by Gasteiger charge is 2.07. The van der Waals surface area contributed by atoms with Crippen molar-refractivity contribution in [1.29, 1.82) is 0 Å². The van der Waals surface area contributed by atoms with Gasteiger partial charge < -0.3 is 10.4 Å². The first-order chi connectivity index (χ1) is 9.88. The second-order valence-electron chi connectivity index (χ2n) is 5.57. The second kappa shape index (κ2) is 6.00. The van der Waals surface area contributed by atoms with Gasteiger partial charge in [-0.3, -0.25) is 0 Å². The summed E-state index contributed by atoms with van der Waals surface area (Å²) in [6.45, 7) is 9.01. The quantitative estimate of drug-likeness (QED) is 0.882. The Morgan fingerprint density at radius 3 is 2.14 bits per heavy atom. The van der Waals surface area contributed by atoms with Crippen molar-refractivity contribution in [3.05, 3.63) is 63.7 Å². The molecule has 0 unspecified atom stereocenters. The van der Waals surface area contributed by atoms with E-state index >= 15 is 0 Å². The molecule has 0 aromatic heterocycles. The molecule has 0 aliphatic carbocycles. The number of aryl methyl sites for hydroxylation is 4. The molecule has 0 saturated carbocycles. The molecule has 2 aromatic rings. The van der Waals surface area contributed by atoms with Gasteiger partial charge in [0.25, 0.3) is 0 Å². The molecular weight excluding hydrogens is 262 g/mol. The van der Waals surface area contributed by atoms with Gasteiger partial charge in [-0.25, -0.2) is 4.79 Å². The molecule has 0 atom stereocenters. The van der Waals surface area contributed by atoms with Crippen LogP contribution >= 0.6 is 0 Å². The van der Waals surface area contributed by atoms with Crippen molar-refractivity contribution < 1.29 is 9.90 Å². The molecular formula is C18H21NO2. The summed E-state index contributed by atoms with van der Waals surface area (Å²) < 4.78 is 0. The van der Waals surface area contributed by atoms with E-state index in [0.29, 0.717) is 5.56 Å². The van der Waals surface area contributed by atoms with E-state index in [9.17, 15) is 4.79 Å². The maximum atomic E-state index is 10.9. The van der Waals surface area contributed by atoms with Gasteiger partial charge in [0.1, 0.15) is 0 Å². The summed E-state index contributed by atoms with van der Waals surface area (Å²) in [6, 6.07) is 9.53. The number of hydrogen-bond donors (Lipinski definition) is 2. The van der Waals surface area contributed by atoms with E-state index in [0.717, 1.165) is 17.8 Å². The number of nitrogens with one attached hydrogen (secondary N) is 1. The van der Waals surface area contributed by atoms with Crippen LogP contribution < -0.4 is 5.32 Å². The molecule has 2 aromatic carbocycles. The Balaban J connectivity index is 2.19. The lowest BCUT2D eigenvalue weighted by atomic mass is 9.99. The molecule has 0 radical (unpaired) electrons. The molecule has 110 valence electrons. The average molecular weight is 283 g/mol. The summed E-state index contributed by atoms with van der Waals surface area (Å²) >= 11 is 0. The monoisotopic (exact) mass is 283 g/mol. The molecule has 2 N–H and O–H groups in total. The topological polar surface area (TPSA) is 49.3 Å². The molecule has 0 amide bonds. The highest BCUT2D eigenvalue weighted by Crippen LogP contribution is 2.21. The van der Waals surface area contributed by atoms with Crippen molar-refractivity contribution >= 4 is 11.7 Å². The van der Waals surface area contributed by atoms with E-state index < -0.39 is 5.97 Å². The van der Waals surface area contributed by atoms with E-state index in [4.69, 9.17) is 5.11 Å². The lowest BCUT2D eigenvalue weighted by Crippen LogP contribution is -2.06. The summed E-state index contributed by atoms with van der Waals surface area (Å²) in [4.78, 5) is 10.9. The fourth-order valence-corrected chi connectivity index (χ4v) is 2.67. The third kappa shape index (κ3) is 3.43. The molecule has 0 saturated heterocycles. The van der Waals surface area contributed by atoms with Gasteiger partial charge in [-0.1, -0.05) is 17.7 Å². The zero-order valence-electron chi connectivity index (χ0n) is 12.9. The van der Waals surface area contributed by atoms with Gasteiger partial charge in [-0.2, -0.15) is 0 Å². The Labute approximate surface area is 125 Å². The summed E-state index contributed by atoms with van der Waals surface area (Å²) in [5.41, 5.74) is 7.36. The first-order valence-electron chi connectivity index (χ1n) is 7.03. The van der Waals surface area contributed by atoms with Crippen molar-refractivity contribution in [2.24, 2.45) is 0 Å². The largest absolute Gasteiger partial charge is 0.478 e. The van der Waals surface area contributed by atoms with Crippen LogP contribution in [0.1, 0.15) is 38.2 Å². The standard InChI is InChI=1S/C18H21NO2/c1-11-7-12(2)16(13(3)8-11)10-19-17-6-5-15(18(20)21)9-14(17)4/h5-9,19H,10H2,1-4H3,(H,20,21). The van der Waals surface area contributed by atoms with Crippen LogP contribution in [-0.4, -0.2) is 11.1 Å². The highest BCUT2D eigenvalue weighted by molar-refractivity contribution is 5.88. The van der Waals surface area contributed by atoms with Gasteiger partial charge in [0.15, 0.2) is 0 Å². The fraction of sp³-hybridized carbons (Fsp3) is 0.278. The summed E-state index contributed by atoms with van der Waals surface area (Å²) in [5, 5.41) is 12.4. The van der Waals surface area contributed by atoms with Crippen LogP contribution in [0.5, 0.6) is 0 Å². The van der Waals surface area contributed by atoms with Gasteiger partial charge in [0.2, 0.25) is 0 Å². The van der Waals surface area contributed by atoms with Gasteiger partial charge >= 0.3 is 5.97 Å². The lowest BCUT2D eigenvalue weighted by molar-refractivity contribution is 0.0697. The molecule has 3 heteroatoms. The molecule has 21 heavy (non-hydrogen) atoms. The Morgan fingerprint density at radius 2 is 1.62 bits per heavy atom. The Kier molecular flexibility index (Phi) is 4.32. The maximum Gasteiger partial charge on any atom is 0.335 e. The second-order valence-corrected chi connectivity index (χ2v) is 5.57. The van der Waals surface area contributed by atoms with E-state index in [-0.39, 0.29) is 0 Å². The fourth-order valence-electron chi connectivity index (χ4n) is 2.67. The van der Waals surface area contributed by atoms with E-state index in [1.807, 2.05) is 13.0 Å². The van der Waals surface area contributed by atoms with Gasteiger partial charge in [0, 0.05) is 12.2 Å². The van der Waals surface area contributed by atoms with Crippen LogP contribution in [0.15, 0.2) is 30.3 Å². The van der Waals surface area contributed by atoms with Crippen LogP contribution in [0, 0.1) is 27.7 Å². The predicted molar refractivity (Wildman–Crippen MR) is 86.1 cm³/mol. The Bertz CT molecular complexity index is 667. The number of carboxylic acids is 1. The third-order valence-electron chi connectivity index (χ3n) is 3.77. The first-order valence-corrected chi connectivity index (χ1v) is 7.03. The summed E-state index contributed by atoms with van der Waals surface area (Å²) in [7, 11) is 0.